The minimum Gasteiger partial charge on any atom is -0.409 e. The second-order valence-electron chi connectivity index (χ2n) is 3.68. The smallest absolute Gasteiger partial charge is 0.409 e. The lowest BCUT2D eigenvalue weighted by atomic mass is 10.3. The first-order valence-electron chi connectivity index (χ1n) is 5.37. The van der Waals surface area contributed by atoms with Gasteiger partial charge in [0.1, 0.15) is 0 Å². The average molecular weight is 235 g/mol. The third-order valence-electron chi connectivity index (χ3n) is 2.45. The van der Waals surface area contributed by atoms with Crippen molar-refractivity contribution >= 4 is 12.4 Å². The predicted molar refractivity (Wildman–Crippen MR) is 60.1 cm³/mol. The molecule has 0 atom stereocenters. The van der Waals surface area contributed by atoms with Crippen molar-refractivity contribution < 1.29 is 14.3 Å². The SMILES string of the molecule is O=Cc1cncc(OC(=O)N2CCNCC2)c1. The highest BCUT2D eigenvalue weighted by molar-refractivity contribution is 5.76. The molecule has 1 amide bonds. The zero-order valence-electron chi connectivity index (χ0n) is 9.26. The molecule has 1 N–H and O–H groups in total. The van der Waals surface area contributed by atoms with Crippen LogP contribution in [-0.4, -0.2) is 48.4 Å². The number of carbonyl (C=O) groups is 2. The first kappa shape index (κ1) is 11.5. The van der Waals surface area contributed by atoms with Crippen molar-refractivity contribution in [3.63, 3.8) is 0 Å². The lowest BCUT2D eigenvalue weighted by molar-refractivity contribution is 0.112. The molecule has 0 saturated carbocycles. The van der Waals surface area contributed by atoms with Gasteiger partial charge in [0.25, 0.3) is 0 Å². The van der Waals surface area contributed by atoms with Crippen LogP contribution in [0.25, 0.3) is 0 Å². The largest absolute Gasteiger partial charge is 0.415 e. The molecule has 1 aromatic heterocycles. The van der Waals surface area contributed by atoms with E-state index in [4.69, 9.17) is 4.74 Å². The Morgan fingerprint density at radius 1 is 1.41 bits per heavy atom. The number of carbonyl (C=O) groups excluding carboxylic acids is 2. The van der Waals surface area contributed by atoms with Crippen molar-refractivity contribution in [2.24, 2.45) is 0 Å². The molecule has 90 valence electrons. The molecule has 1 aromatic rings. The third-order valence-corrected chi connectivity index (χ3v) is 2.45. The van der Waals surface area contributed by atoms with E-state index in [2.05, 4.69) is 10.3 Å². The number of aromatic nitrogens is 1. The number of rotatable bonds is 2. The van der Waals surface area contributed by atoms with E-state index in [0.717, 1.165) is 13.1 Å². The molecule has 2 rings (SSSR count). The van der Waals surface area contributed by atoms with Gasteiger partial charge in [-0.25, -0.2) is 4.79 Å². The van der Waals surface area contributed by atoms with Gasteiger partial charge < -0.3 is 15.0 Å². The summed E-state index contributed by atoms with van der Waals surface area (Å²) in [7, 11) is 0. The summed E-state index contributed by atoms with van der Waals surface area (Å²) < 4.78 is 5.13. The predicted octanol–water partition coefficient (Wildman–Crippen LogP) is 0.298. The number of nitrogens with zero attached hydrogens (tertiary/aromatic N) is 2. The standard InChI is InChI=1S/C11H13N3O3/c15-8-9-5-10(7-13-6-9)17-11(16)14-3-1-12-2-4-14/h5-8,12H,1-4H2. The van der Waals surface area contributed by atoms with Crippen molar-refractivity contribution in [2.75, 3.05) is 26.2 Å². The molecule has 0 aliphatic carbocycles. The van der Waals surface area contributed by atoms with Gasteiger partial charge in [-0.1, -0.05) is 0 Å². The van der Waals surface area contributed by atoms with E-state index in [1.54, 1.807) is 4.90 Å². The van der Waals surface area contributed by atoms with Crippen molar-refractivity contribution in [1.29, 1.82) is 0 Å². The van der Waals surface area contributed by atoms with E-state index in [-0.39, 0.29) is 5.75 Å². The number of hydrogen-bond acceptors (Lipinski definition) is 5. The first-order chi connectivity index (χ1) is 8.29. The molecule has 1 aliphatic heterocycles. The molecule has 0 spiro atoms. The van der Waals surface area contributed by atoms with Crippen LogP contribution in [0.1, 0.15) is 10.4 Å². The molecular formula is C11H13N3O3. The van der Waals surface area contributed by atoms with Crippen LogP contribution in [0.4, 0.5) is 4.79 Å². The van der Waals surface area contributed by atoms with Crippen LogP contribution in [0.3, 0.4) is 0 Å². The normalized spacial score (nSPS) is 15.4. The number of hydrogen-bond donors (Lipinski definition) is 1. The van der Waals surface area contributed by atoms with Crippen LogP contribution in [0.15, 0.2) is 18.5 Å². The summed E-state index contributed by atoms with van der Waals surface area (Å²) in [6, 6.07) is 1.49. The summed E-state index contributed by atoms with van der Waals surface area (Å²) in [5.74, 6) is 0.290. The summed E-state index contributed by atoms with van der Waals surface area (Å²) in [6.45, 7) is 2.78. The Bertz CT molecular complexity index is 416. The van der Waals surface area contributed by atoms with Gasteiger partial charge in [0.15, 0.2) is 12.0 Å². The van der Waals surface area contributed by atoms with E-state index >= 15 is 0 Å². The molecule has 17 heavy (non-hydrogen) atoms. The van der Waals surface area contributed by atoms with Gasteiger partial charge in [-0.05, 0) is 6.07 Å². The quantitative estimate of drug-likeness (QED) is 0.746. The number of piperazine rings is 1. The maximum absolute atomic E-state index is 11.7. The Labute approximate surface area is 98.6 Å². The minimum atomic E-state index is -0.406. The van der Waals surface area contributed by atoms with Gasteiger partial charge >= 0.3 is 6.09 Å². The Hall–Kier alpha value is -1.95. The van der Waals surface area contributed by atoms with Gasteiger partial charge in [-0.15, -0.1) is 0 Å². The second-order valence-corrected chi connectivity index (χ2v) is 3.68. The van der Waals surface area contributed by atoms with Crippen LogP contribution in [0.5, 0.6) is 5.75 Å². The third kappa shape index (κ3) is 3.01. The van der Waals surface area contributed by atoms with E-state index in [0.29, 0.717) is 24.9 Å². The lowest BCUT2D eigenvalue weighted by Crippen LogP contribution is -2.47. The fourth-order valence-corrected chi connectivity index (χ4v) is 1.57. The number of aldehydes is 1. The molecule has 6 heteroatoms. The summed E-state index contributed by atoms with van der Waals surface area (Å²) in [5.41, 5.74) is 0.385. The van der Waals surface area contributed by atoms with Crippen molar-refractivity contribution in [3.05, 3.63) is 24.0 Å². The monoisotopic (exact) mass is 235 g/mol. The molecule has 1 aliphatic rings. The van der Waals surface area contributed by atoms with Crippen molar-refractivity contribution in [3.8, 4) is 5.75 Å². The van der Waals surface area contributed by atoms with Gasteiger partial charge in [-0.2, -0.15) is 0 Å². The van der Waals surface area contributed by atoms with Crippen LogP contribution >= 0.6 is 0 Å². The minimum absolute atomic E-state index is 0.290. The average Bonchev–Trinajstić information content (AvgIpc) is 2.40. The second kappa shape index (κ2) is 5.40. The summed E-state index contributed by atoms with van der Waals surface area (Å²) in [5, 5.41) is 3.14. The number of nitrogens with one attached hydrogen (secondary N) is 1. The van der Waals surface area contributed by atoms with Gasteiger partial charge in [0.05, 0.1) is 6.20 Å². The fourth-order valence-electron chi connectivity index (χ4n) is 1.57. The molecule has 2 heterocycles. The maximum atomic E-state index is 11.7. The zero-order chi connectivity index (χ0) is 12.1. The van der Waals surface area contributed by atoms with Gasteiger partial charge in [0, 0.05) is 37.9 Å². The number of pyridine rings is 1. The van der Waals surface area contributed by atoms with Crippen molar-refractivity contribution in [2.45, 2.75) is 0 Å². The van der Waals surface area contributed by atoms with E-state index < -0.39 is 6.09 Å². The Morgan fingerprint density at radius 3 is 2.88 bits per heavy atom. The molecule has 0 radical (unpaired) electrons. The van der Waals surface area contributed by atoms with Gasteiger partial charge in [-0.3, -0.25) is 9.78 Å². The Balaban J connectivity index is 1.99. The molecule has 1 fully saturated rings. The summed E-state index contributed by atoms with van der Waals surface area (Å²) >= 11 is 0. The molecular weight excluding hydrogens is 222 g/mol. The van der Waals surface area contributed by atoms with Crippen LogP contribution in [0.2, 0.25) is 0 Å². The Kier molecular flexibility index (Phi) is 3.66. The topological polar surface area (TPSA) is 71.5 Å². The molecule has 0 unspecified atom stereocenters. The van der Waals surface area contributed by atoms with E-state index in [9.17, 15) is 9.59 Å². The Morgan fingerprint density at radius 2 is 2.18 bits per heavy atom. The maximum Gasteiger partial charge on any atom is 0.415 e. The van der Waals surface area contributed by atoms with E-state index in [1.165, 1.54) is 18.5 Å². The van der Waals surface area contributed by atoms with Crippen molar-refractivity contribution in [1.82, 2.24) is 15.2 Å². The van der Waals surface area contributed by atoms with E-state index in [1.807, 2.05) is 0 Å². The van der Waals surface area contributed by atoms with Crippen LogP contribution in [0, 0.1) is 0 Å². The molecule has 0 bridgehead atoms. The highest BCUT2D eigenvalue weighted by Crippen LogP contribution is 2.11. The van der Waals surface area contributed by atoms with Crippen LogP contribution < -0.4 is 10.1 Å². The highest BCUT2D eigenvalue weighted by atomic mass is 16.6. The summed E-state index contributed by atoms with van der Waals surface area (Å²) in [6.07, 6.45) is 3.08. The van der Waals surface area contributed by atoms with Crippen LogP contribution in [-0.2, 0) is 0 Å². The fraction of sp³-hybridized carbons (Fsp3) is 0.364. The zero-order valence-corrected chi connectivity index (χ0v) is 9.26. The lowest BCUT2D eigenvalue weighted by Gasteiger charge is -2.26. The van der Waals surface area contributed by atoms with Gasteiger partial charge in [0.2, 0.25) is 0 Å². The molecule has 6 nitrogen and oxygen atoms in total. The first-order valence-corrected chi connectivity index (χ1v) is 5.37. The number of amides is 1. The number of ether oxygens (including phenoxy) is 1. The summed E-state index contributed by atoms with van der Waals surface area (Å²) in [4.78, 5) is 27.7. The molecule has 1 saturated heterocycles. The molecule has 0 aromatic carbocycles. The highest BCUT2D eigenvalue weighted by Gasteiger charge is 2.18.